The number of nitrogens with zero attached hydrogens (tertiary/aromatic N) is 3. The SMILES string of the molecule is O=C(CNS(=O)(=O)c1ccc([N+](=O)[O-])cc1)NCC(=O)N/N=C\c1cccc([N+](=O)[O-])c1. The number of hydrogen-bond donors (Lipinski definition) is 3. The van der Waals surface area contributed by atoms with E-state index in [-0.39, 0.29) is 16.3 Å². The first-order valence-corrected chi connectivity index (χ1v) is 10.1. The fourth-order valence-corrected chi connectivity index (χ4v) is 3.15. The molecule has 0 spiro atoms. The molecular weight excluding hydrogens is 448 g/mol. The summed E-state index contributed by atoms with van der Waals surface area (Å²) in [7, 11) is -4.10. The molecule has 0 radical (unpaired) electrons. The zero-order chi connectivity index (χ0) is 23.7. The van der Waals surface area contributed by atoms with Crippen molar-refractivity contribution in [3.8, 4) is 0 Å². The van der Waals surface area contributed by atoms with Crippen LogP contribution in [0, 0.1) is 20.2 Å². The number of rotatable bonds is 10. The van der Waals surface area contributed by atoms with Gasteiger partial charge in [-0.3, -0.25) is 29.8 Å². The van der Waals surface area contributed by atoms with E-state index in [1.165, 1.54) is 30.5 Å². The van der Waals surface area contributed by atoms with Crippen LogP contribution in [0.2, 0.25) is 0 Å². The number of nitro groups is 2. The van der Waals surface area contributed by atoms with E-state index in [4.69, 9.17) is 0 Å². The standard InChI is InChI=1S/C17H16N6O8S/c24-16(11-20-32(30,31)15-6-4-13(5-7-15)22(26)27)18-10-17(25)21-19-9-12-2-1-3-14(8-12)23(28)29/h1-9,20H,10-11H2,(H,18,24)(H,21,25)/b19-9-. The first-order valence-electron chi connectivity index (χ1n) is 8.65. The van der Waals surface area contributed by atoms with Crippen LogP contribution in [0.25, 0.3) is 0 Å². The topological polar surface area (TPSA) is 203 Å². The normalized spacial score (nSPS) is 11.1. The van der Waals surface area contributed by atoms with Gasteiger partial charge in [0.15, 0.2) is 0 Å². The molecule has 0 bridgehead atoms. The van der Waals surface area contributed by atoms with Gasteiger partial charge < -0.3 is 5.32 Å². The Morgan fingerprint density at radius 1 is 0.938 bits per heavy atom. The van der Waals surface area contributed by atoms with Crippen LogP contribution in [0.5, 0.6) is 0 Å². The summed E-state index contributed by atoms with van der Waals surface area (Å²) in [6, 6.07) is 9.56. The molecule has 0 aliphatic heterocycles. The summed E-state index contributed by atoms with van der Waals surface area (Å²) < 4.78 is 26.2. The molecule has 0 heterocycles. The van der Waals surface area contributed by atoms with Gasteiger partial charge in [0.25, 0.3) is 17.3 Å². The van der Waals surface area contributed by atoms with Gasteiger partial charge in [-0.1, -0.05) is 12.1 Å². The van der Waals surface area contributed by atoms with Crippen LogP contribution in [0.4, 0.5) is 11.4 Å². The zero-order valence-electron chi connectivity index (χ0n) is 16.1. The summed E-state index contributed by atoms with van der Waals surface area (Å²) in [5.41, 5.74) is 2.02. The van der Waals surface area contributed by atoms with Crippen LogP contribution in [0.3, 0.4) is 0 Å². The summed E-state index contributed by atoms with van der Waals surface area (Å²) in [4.78, 5) is 43.2. The van der Waals surface area contributed by atoms with Crippen LogP contribution >= 0.6 is 0 Å². The van der Waals surface area contributed by atoms with Crippen molar-refractivity contribution in [1.29, 1.82) is 0 Å². The van der Waals surface area contributed by atoms with Crippen molar-refractivity contribution in [3.05, 3.63) is 74.3 Å². The van der Waals surface area contributed by atoms with Gasteiger partial charge in [0.1, 0.15) is 0 Å². The average molecular weight is 464 g/mol. The van der Waals surface area contributed by atoms with E-state index in [2.05, 4.69) is 15.8 Å². The fourth-order valence-electron chi connectivity index (χ4n) is 2.17. The number of carbonyl (C=O) groups is 2. The Labute approximate surface area is 180 Å². The lowest BCUT2D eigenvalue weighted by molar-refractivity contribution is -0.385. The number of carbonyl (C=O) groups excluding carboxylic acids is 2. The third-order valence-corrected chi connectivity index (χ3v) is 5.13. The third kappa shape index (κ3) is 7.22. The minimum atomic E-state index is -4.10. The van der Waals surface area contributed by atoms with Crippen molar-refractivity contribution in [2.45, 2.75) is 4.90 Å². The number of nitrogens with one attached hydrogen (secondary N) is 3. The third-order valence-electron chi connectivity index (χ3n) is 3.71. The highest BCUT2D eigenvalue weighted by atomic mass is 32.2. The fraction of sp³-hybridized carbons (Fsp3) is 0.118. The molecule has 14 nitrogen and oxygen atoms in total. The second-order valence-corrected chi connectivity index (χ2v) is 7.76. The molecule has 0 unspecified atom stereocenters. The highest BCUT2D eigenvalue weighted by molar-refractivity contribution is 7.89. The molecule has 0 aromatic heterocycles. The van der Waals surface area contributed by atoms with Crippen molar-refractivity contribution < 1.29 is 27.9 Å². The number of amides is 2. The molecule has 15 heteroatoms. The predicted octanol–water partition coefficient (Wildman–Crippen LogP) is 0.0478. The van der Waals surface area contributed by atoms with Crippen LogP contribution < -0.4 is 15.5 Å². The molecule has 0 atom stereocenters. The first kappa shape index (κ1) is 24.0. The van der Waals surface area contributed by atoms with Crippen molar-refractivity contribution in [1.82, 2.24) is 15.5 Å². The van der Waals surface area contributed by atoms with Crippen molar-refractivity contribution >= 4 is 39.4 Å². The summed E-state index contributed by atoms with van der Waals surface area (Å²) in [5.74, 6) is -1.54. The number of benzene rings is 2. The lowest BCUT2D eigenvalue weighted by Crippen LogP contribution is -2.41. The largest absolute Gasteiger partial charge is 0.346 e. The summed E-state index contributed by atoms with van der Waals surface area (Å²) in [6.07, 6.45) is 1.17. The Bertz CT molecular complexity index is 1160. The molecule has 168 valence electrons. The van der Waals surface area contributed by atoms with Gasteiger partial charge >= 0.3 is 0 Å². The van der Waals surface area contributed by atoms with Crippen LogP contribution in [-0.2, 0) is 19.6 Å². The van der Waals surface area contributed by atoms with Gasteiger partial charge in [0.05, 0.1) is 34.0 Å². The molecule has 0 saturated heterocycles. The molecule has 0 saturated carbocycles. The number of sulfonamides is 1. The Balaban J connectivity index is 1.78. The molecule has 2 aromatic rings. The minimum Gasteiger partial charge on any atom is -0.346 e. The maximum atomic E-state index is 12.1. The van der Waals surface area contributed by atoms with E-state index in [9.17, 15) is 38.2 Å². The zero-order valence-corrected chi connectivity index (χ0v) is 16.9. The van der Waals surface area contributed by atoms with E-state index in [0.717, 1.165) is 24.3 Å². The number of nitro benzene ring substituents is 2. The number of hydrogen-bond acceptors (Lipinski definition) is 9. The van der Waals surface area contributed by atoms with Crippen molar-refractivity contribution in [3.63, 3.8) is 0 Å². The first-order chi connectivity index (χ1) is 15.1. The molecule has 2 amide bonds. The van der Waals surface area contributed by atoms with Crippen LogP contribution in [0.1, 0.15) is 5.56 Å². The van der Waals surface area contributed by atoms with Crippen molar-refractivity contribution in [2.75, 3.05) is 13.1 Å². The molecule has 2 rings (SSSR count). The Kier molecular flexibility index (Phi) is 8.03. The van der Waals surface area contributed by atoms with E-state index in [1.54, 1.807) is 0 Å². The summed E-state index contributed by atoms with van der Waals surface area (Å²) in [5, 5.41) is 27.1. The second-order valence-electron chi connectivity index (χ2n) is 6.00. The lowest BCUT2D eigenvalue weighted by atomic mass is 10.2. The maximum absolute atomic E-state index is 12.1. The van der Waals surface area contributed by atoms with Crippen LogP contribution in [0.15, 0.2) is 58.5 Å². The molecule has 32 heavy (non-hydrogen) atoms. The number of non-ortho nitro benzene ring substituents is 2. The predicted molar refractivity (Wildman–Crippen MR) is 110 cm³/mol. The summed E-state index contributed by atoms with van der Waals surface area (Å²) >= 11 is 0. The molecule has 0 fully saturated rings. The Morgan fingerprint density at radius 3 is 2.22 bits per heavy atom. The van der Waals surface area contributed by atoms with E-state index >= 15 is 0 Å². The minimum absolute atomic E-state index is 0.149. The quantitative estimate of drug-likeness (QED) is 0.248. The smallest absolute Gasteiger partial charge is 0.270 e. The van der Waals surface area contributed by atoms with E-state index in [1.807, 2.05) is 4.72 Å². The van der Waals surface area contributed by atoms with E-state index < -0.39 is 44.8 Å². The molecule has 2 aromatic carbocycles. The van der Waals surface area contributed by atoms with Gasteiger partial charge in [-0.15, -0.1) is 0 Å². The average Bonchev–Trinajstić information content (AvgIpc) is 2.76. The molecule has 0 aliphatic rings. The Hall–Kier alpha value is -4.24. The van der Waals surface area contributed by atoms with E-state index in [0.29, 0.717) is 5.56 Å². The second kappa shape index (κ2) is 10.7. The van der Waals surface area contributed by atoms with Crippen LogP contribution in [-0.4, -0.2) is 49.4 Å². The summed E-state index contributed by atoms with van der Waals surface area (Å²) in [6.45, 7) is -1.19. The molecule has 3 N–H and O–H groups in total. The highest BCUT2D eigenvalue weighted by Gasteiger charge is 2.17. The molecule has 0 aliphatic carbocycles. The van der Waals surface area contributed by atoms with Gasteiger partial charge in [-0.2, -0.15) is 5.10 Å². The number of hydrazone groups is 1. The van der Waals surface area contributed by atoms with Gasteiger partial charge in [0, 0.05) is 29.8 Å². The molecular formula is C17H16N6O8S. The lowest BCUT2D eigenvalue weighted by Gasteiger charge is -2.07. The highest BCUT2D eigenvalue weighted by Crippen LogP contribution is 2.15. The van der Waals surface area contributed by atoms with Crippen molar-refractivity contribution in [2.24, 2.45) is 5.10 Å². The maximum Gasteiger partial charge on any atom is 0.270 e. The van der Waals surface area contributed by atoms with Gasteiger partial charge in [-0.25, -0.2) is 18.6 Å². The van der Waals surface area contributed by atoms with Gasteiger partial charge in [0.2, 0.25) is 15.9 Å². The van der Waals surface area contributed by atoms with Gasteiger partial charge in [-0.05, 0) is 12.1 Å². The monoisotopic (exact) mass is 464 g/mol. The Morgan fingerprint density at radius 2 is 1.59 bits per heavy atom.